The van der Waals surface area contributed by atoms with Crippen LogP contribution in [0, 0.1) is 6.92 Å². The SMILES string of the molecule is Cc1ccc(S(=O)(=O)OC(C(=O)O)[C@@H]2COC(C)(C)O2)cc1. The van der Waals surface area contributed by atoms with Crippen LogP contribution in [-0.4, -0.2) is 44.1 Å². The maximum absolute atomic E-state index is 12.2. The van der Waals surface area contributed by atoms with E-state index in [-0.39, 0.29) is 11.5 Å². The summed E-state index contributed by atoms with van der Waals surface area (Å²) in [5, 5.41) is 9.23. The third kappa shape index (κ3) is 3.83. The highest BCUT2D eigenvalue weighted by atomic mass is 32.2. The molecule has 122 valence electrons. The number of ether oxygens (including phenoxy) is 2. The standard InChI is InChI=1S/C14H18O7S/c1-9-4-6-10(7-5-9)22(17,18)21-12(13(15)16)11-8-19-14(2,3)20-11/h4-7,11-12H,8H2,1-3H3,(H,15,16)/t11-,12?/m0/s1. The van der Waals surface area contributed by atoms with Crippen molar-refractivity contribution in [3.8, 4) is 0 Å². The monoisotopic (exact) mass is 330 g/mol. The first-order chi connectivity index (χ1) is 10.1. The van der Waals surface area contributed by atoms with E-state index >= 15 is 0 Å². The van der Waals surface area contributed by atoms with E-state index in [9.17, 15) is 18.3 Å². The van der Waals surface area contributed by atoms with Crippen LogP contribution in [0.2, 0.25) is 0 Å². The molecule has 8 heteroatoms. The Balaban J connectivity index is 2.21. The van der Waals surface area contributed by atoms with Gasteiger partial charge in [0.25, 0.3) is 10.1 Å². The van der Waals surface area contributed by atoms with Crippen molar-refractivity contribution in [2.45, 2.75) is 43.7 Å². The van der Waals surface area contributed by atoms with E-state index in [2.05, 4.69) is 0 Å². The van der Waals surface area contributed by atoms with Crippen molar-refractivity contribution >= 4 is 16.1 Å². The van der Waals surface area contributed by atoms with Gasteiger partial charge < -0.3 is 14.6 Å². The first-order valence-corrected chi connectivity index (χ1v) is 8.06. The molecule has 22 heavy (non-hydrogen) atoms. The molecule has 0 amide bonds. The van der Waals surface area contributed by atoms with E-state index in [1.807, 2.05) is 6.92 Å². The second kappa shape index (κ2) is 5.96. The molecule has 2 rings (SSSR count). The Bertz CT molecular complexity index is 648. The van der Waals surface area contributed by atoms with Crippen LogP contribution >= 0.6 is 0 Å². The van der Waals surface area contributed by atoms with Crippen molar-refractivity contribution in [2.24, 2.45) is 0 Å². The number of carbonyl (C=O) groups is 1. The predicted molar refractivity (Wildman–Crippen MR) is 75.8 cm³/mol. The molecule has 1 fully saturated rings. The van der Waals surface area contributed by atoms with E-state index in [1.54, 1.807) is 26.0 Å². The molecule has 1 N–H and O–H groups in total. The fraction of sp³-hybridized carbons (Fsp3) is 0.500. The molecule has 1 heterocycles. The van der Waals surface area contributed by atoms with E-state index < -0.39 is 34.1 Å². The molecule has 1 aliphatic rings. The molecule has 0 bridgehead atoms. The molecule has 7 nitrogen and oxygen atoms in total. The number of rotatable bonds is 5. The van der Waals surface area contributed by atoms with Crippen molar-refractivity contribution in [3.05, 3.63) is 29.8 Å². The summed E-state index contributed by atoms with van der Waals surface area (Å²) in [4.78, 5) is 11.2. The molecule has 0 saturated carbocycles. The lowest BCUT2D eigenvalue weighted by Gasteiger charge is -2.21. The number of benzene rings is 1. The second-order valence-electron chi connectivity index (χ2n) is 5.49. The zero-order valence-electron chi connectivity index (χ0n) is 12.5. The van der Waals surface area contributed by atoms with Gasteiger partial charge in [-0.2, -0.15) is 8.42 Å². The topological polar surface area (TPSA) is 99.1 Å². The van der Waals surface area contributed by atoms with Gasteiger partial charge in [-0.15, -0.1) is 0 Å². The molecule has 1 unspecified atom stereocenters. The molecule has 1 saturated heterocycles. The van der Waals surface area contributed by atoms with Gasteiger partial charge in [0, 0.05) is 0 Å². The third-order valence-corrected chi connectivity index (χ3v) is 4.46. The van der Waals surface area contributed by atoms with E-state index in [1.165, 1.54) is 12.1 Å². The number of hydrogen-bond acceptors (Lipinski definition) is 6. The molecule has 0 aromatic heterocycles. The molecular weight excluding hydrogens is 312 g/mol. The first-order valence-electron chi connectivity index (χ1n) is 6.65. The van der Waals surface area contributed by atoms with Crippen LogP contribution in [0.1, 0.15) is 19.4 Å². The Morgan fingerprint density at radius 2 is 1.95 bits per heavy atom. The summed E-state index contributed by atoms with van der Waals surface area (Å²) in [5.41, 5.74) is 0.878. The van der Waals surface area contributed by atoms with Crippen molar-refractivity contribution in [1.82, 2.24) is 0 Å². The summed E-state index contributed by atoms with van der Waals surface area (Å²) >= 11 is 0. The Morgan fingerprint density at radius 1 is 1.36 bits per heavy atom. The summed E-state index contributed by atoms with van der Waals surface area (Å²) in [6.07, 6.45) is -2.68. The van der Waals surface area contributed by atoms with Crippen LogP contribution in [-0.2, 0) is 28.6 Å². The first kappa shape index (κ1) is 16.9. The Hall–Kier alpha value is -1.48. The Kier molecular flexibility index (Phi) is 4.57. The average molecular weight is 330 g/mol. The highest BCUT2D eigenvalue weighted by molar-refractivity contribution is 7.86. The minimum atomic E-state index is -4.21. The summed E-state index contributed by atoms with van der Waals surface area (Å²) in [6, 6.07) is 5.92. The smallest absolute Gasteiger partial charge is 0.337 e. The van der Waals surface area contributed by atoms with Crippen LogP contribution < -0.4 is 0 Å². The second-order valence-corrected chi connectivity index (χ2v) is 7.06. The molecule has 1 aromatic carbocycles. The maximum Gasteiger partial charge on any atom is 0.337 e. The van der Waals surface area contributed by atoms with Gasteiger partial charge in [0.2, 0.25) is 6.10 Å². The summed E-state index contributed by atoms with van der Waals surface area (Å²) in [6.45, 7) is 4.97. The lowest BCUT2D eigenvalue weighted by Crippen LogP contribution is -2.40. The quantitative estimate of drug-likeness (QED) is 0.812. The van der Waals surface area contributed by atoms with Crippen LogP contribution in [0.4, 0.5) is 0 Å². The number of aryl methyl sites for hydroxylation is 1. The van der Waals surface area contributed by atoms with Crippen molar-refractivity contribution < 1.29 is 32.0 Å². The van der Waals surface area contributed by atoms with Crippen molar-refractivity contribution in [1.29, 1.82) is 0 Å². The van der Waals surface area contributed by atoms with Gasteiger partial charge in [-0.3, -0.25) is 0 Å². The van der Waals surface area contributed by atoms with Crippen molar-refractivity contribution in [2.75, 3.05) is 6.61 Å². The number of hydrogen-bond donors (Lipinski definition) is 1. The highest BCUT2D eigenvalue weighted by Gasteiger charge is 2.43. The Morgan fingerprint density at radius 3 is 2.41 bits per heavy atom. The lowest BCUT2D eigenvalue weighted by atomic mass is 10.2. The molecule has 1 aromatic rings. The Labute approximate surface area is 128 Å². The minimum absolute atomic E-state index is 0.0621. The van der Waals surface area contributed by atoms with Gasteiger partial charge in [0.05, 0.1) is 11.5 Å². The molecule has 0 radical (unpaired) electrons. The lowest BCUT2D eigenvalue weighted by molar-refractivity contribution is -0.165. The fourth-order valence-electron chi connectivity index (χ4n) is 2.02. The van der Waals surface area contributed by atoms with Crippen LogP contribution in [0.25, 0.3) is 0 Å². The van der Waals surface area contributed by atoms with Crippen molar-refractivity contribution in [3.63, 3.8) is 0 Å². The summed E-state index contributed by atoms with van der Waals surface area (Å²) in [5.74, 6) is -2.41. The van der Waals surface area contributed by atoms with Crippen LogP contribution in [0.3, 0.4) is 0 Å². The zero-order chi connectivity index (χ0) is 16.5. The largest absolute Gasteiger partial charge is 0.479 e. The third-order valence-electron chi connectivity index (χ3n) is 3.15. The molecule has 2 atom stereocenters. The molecule has 1 aliphatic heterocycles. The minimum Gasteiger partial charge on any atom is -0.479 e. The number of carboxylic acids is 1. The number of carboxylic acid groups (broad SMARTS) is 1. The van der Waals surface area contributed by atoms with Gasteiger partial charge >= 0.3 is 5.97 Å². The van der Waals surface area contributed by atoms with Gasteiger partial charge in [0.15, 0.2) is 5.79 Å². The number of aliphatic carboxylic acids is 1. The van der Waals surface area contributed by atoms with Crippen LogP contribution in [0.5, 0.6) is 0 Å². The van der Waals surface area contributed by atoms with Gasteiger partial charge in [-0.1, -0.05) is 17.7 Å². The predicted octanol–water partition coefficient (Wildman–Crippen LogP) is 1.31. The highest BCUT2D eigenvalue weighted by Crippen LogP contribution is 2.27. The normalized spacial score (nSPS) is 22.4. The molecule has 0 spiro atoms. The summed E-state index contributed by atoms with van der Waals surface area (Å²) < 4.78 is 39.9. The van der Waals surface area contributed by atoms with Crippen LogP contribution in [0.15, 0.2) is 29.2 Å². The summed E-state index contributed by atoms with van der Waals surface area (Å²) in [7, 11) is -4.21. The van der Waals surface area contributed by atoms with E-state index in [4.69, 9.17) is 13.7 Å². The zero-order valence-corrected chi connectivity index (χ0v) is 13.3. The fourth-order valence-corrected chi connectivity index (χ4v) is 3.08. The van der Waals surface area contributed by atoms with E-state index in [0.29, 0.717) is 0 Å². The average Bonchev–Trinajstić information content (AvgIpc) is 2.76. The van der Waals surface area contributed by atoms with Gasteiger partial charge in [0.1, 0.15) is 6.10 Å². The van der Waals surface area contributed by atoms with E-state index in [0.717, 1.165) is 5.56 Å². The molecule has 0 aliphatic carbocycles. The van der Waals surface area contributed by atoms with Gasteiger partial charge in [-0.25, -0.2) is 8.98 Å². The molecular formula is C14H18O7S. The maximum atomic E-state index is 12.2. The van der Waals surface area contributed by atoms with Gasteiger partial charge in [-0.05, 0) is 32.9 Å².